The molecule has 0 heterocycles. The Morgan fingerprint density at radius 1 is 1.00 bits per heavy atom. The third-order valence-electron chi connectivity index (χ3n) is 0. The van der Waals surface area contributed by atoms with Gasteiger partial charge in [0.2, 0.25) is 0 Å². The van der Waals surface area contributed by atoms with Crippen molar-refractivity contribution in [1.82, 2.24) is 0 Å². The van der Waals surface area contributed by atoms with E-state index in [1.165, 1.54) is 0 Å². The van der Waals surface area contributed by atoms with Gasteiger partial charge in [0.15, 0.2) is 0 Å². The van der Waals surface area contributed by atoms with Gasteiger partial charge in [-0.05, 0) is 0 Å². The third-order valence-corrected chi connectivity index (χ3v) is 0. The summed E-state index contributed by atoms with van der Waals surface area (Å²) >= 11 is 0. The molecule has 1 atom stereocenters. The Kier molecular flexibility index (Phi) is 128. The molecule has 0 nitrogen and oxygen atoms in total. The maximum absolute atomic E-state index is 0. The predicted octanol–water partition coefficient (Wildman–Crippen LogP) is -0.103. The van der Waals surface area contributed by atoms with Crippen LogP contribution in [0.25, 0.3) is 0 Å². The molecular weight excluding hydrogens is 198 g/mol. The van der Waals surface area contributed by atoms with E-state index in [9.17, 15) is 0 Å². The number of rotatable bonds is 0. The van der Waals surface area contributed by atoms with Crippen molar-refractivity contribution in [3.05, 3.63) is 0 Å². The Morgan fingerprint density at radius 3 is 1.00 bits per heavy atom. The van der Waals surface area contributed by atoms with Gasteiger partial charge >= 0.3 is 37.7 Å². The summed E-state index contributed by atoms with van der Waals surface area (Å²) in [4.78, 5) is 0. The van der Waals surface area contributed by atoms with Crippen molar-refractivity contribution in [3.8, 4) is 0 Å². The largest absolute Gasteiger partial charge is 2.00 e. The van der Waals surface area contributed by atoms with Crippen molar-refractivity contribution < 1.29 is 37.0 Å². The van der Waals surface area contributed by atoms with E-state index in [2.05, 4.69) is 0 Å². The minimum absolute atomic E-state index is 0. The molecule has 0 fully saturated rings. The van der Waals surface area contributed by atoms with Gasteiger partial charge < -0.3 is 2.85 Å². The van der Waals surface area contributed by atoms with Crippen LogP contribution in [0, 0.1) is 0 Å². The molecule has 0 saturated carbocycles. The standard InChI is InChI=1S/Ca.2Cu.H3P.2H/h;;;1H3;;/q+2;;;;2*-1. The molecule has 0 aromatic rings. The molecule has 0 bridgehead atoms. The smallest absolute Gasteiger partial charge is 1.00 e. The van der Waals surface area contributed by atoms with Gasteiger partial charge in [-0.2, -0.15) is 9.90 Å². The second-order valence-electron chi connectivity index (χ2n) is 0. The molecule has 0 spiro atoms. The summed E-state index contributed by atoms with van der Waals surface area (Å²) in [7, 11) is 0. The van der Waals surface area contributed by atoms with Crippen molar-refractivity contribution in [3.63, 3.8) is 0 Å². The first-order chi connectivity index (χ1) is 0. The first-order valence-corrected chi connectivity index (χ1v) is 0. The zero-order valence-electron chi connectivity index (χ0n) is 4.02. The molecule has 2 radical (unpaired) electrons. The van der Waals surface area contributed by atoms with Crippen LogP contribution in [0.1, 0.15) is 2.85 Å². The molecule has 0 N–H and O–H groups in total. The fourth-order valence-corrected chi connectivity index (χ4v) is 0. The molecule has 0 amide bonds. The van der Waals surface area contributed by atoms with Crippen molar-refractivity contribution in [2.45, 2.75) is 0 Å². The Balaban J connectivity index is 0. The molecule has 34 valence electrons. The van der Waals surface area contributed by atoms with Crippen molar-refractivity contribution in [2.24, 2.45) is 0 Å². The SMILES string of the molecule is P.[Ca+2].[Cu].[Cu].[H-].[H-]. The van der Waals surface area contributed by atoms with Crippen LogP contribution >= 0.6 is 9.90 Å². The molecule has 0 aliphatic rings. The van der Waals surface area contributed by atoms with E-state index in [4.69, 9.17) is 0 Å². The van der Waals surface area contributed by atoms with Crippen LogP contribution in [-0.4, -0.2) is 37.7 Å². The molecule has 0 aliphatic heterocycles. The van der Waals surface area contributed by atoms with Gasteiger partial charge in [0.05, 0.1) is 0 Å². The van der Waals surface area contributed by atoms with E-state index in [1.807, 2.05) is 0 Å². The summed E-state index contributed by atoms with van der Waals surface area (Å²) in [5.74, 6) is 0. The van der Waals surface area contributed by atoms with Crippen molar-refractivity contribution >= 4 is 47.6 Å². The van der Waals surface area contributed by atoms with Crippen LogP contribution in [0.3, 0.4) is 0 Å². The maximum Gasteiger partial charge on any atom is 2.00 e. The molecule has 4 heteroatoms. The summed E-state index contributed by atoms with van der Waals surface area (Å²) < 4.78 is 0. The van der Waals surface area contributed by atoms with Gasteiger partial charge in [-0.1, -0.05) is 0 Å². The van der Waals surface area contributed by atoms with Crippen LogP contribution in [0.2, 0.25) is 0 Å². The molecule has 4 heavy (non-hydrogen) atoms. The Bertz CT molecular complexity index is 11.5. The molecule has 0 saturated heterocycles. The average molecular weight is 203 g/mol. The first kappa shape index (κ1) is 29.7. The normalized spacial score (nSPS) is 0. The van der Waals surface area contributed by atoms with Crippen molar-refractivity contribution in [1.29, 1.82) is 0 Å². The second-order valence-corrected chi connectivity index (χ2v) is 0. The fourth-order valence-electron chi connectivity index (χ4n) is 0. The van der Waals surface area contributed by atoms with Crippen LogP contribution in [0.15, 0.2) is 0 Å². The monoisotopic (exact) mass is 202 g/mol. The maximum atomic E-state index is 0. The van der Waals surface area contributed by atoms with Gasteiger partial charge in [-0.15, -0.1) is 0 Å². The molecule has 0 aromatic carbocycles. The molecule has 1 unspecified atom stereocenters. The minimum Gasteiger partial charge on any atom is -1.00 e. The van der Waals surface area contributed by atoms with Gasteiger partial charge in [0.1, 0.15) is 0 Å². The number of hydrogen-bond acceptors (Lipinski definition) is 0. The summed E-state index contributed by atoms with van der Waals surface area (Å²) in [5.41, 5.74) is 0. The third kappa shape index (κ3) is 8.83. The minimum atomic E-state index is 0. The molecule has 0 rings (SSSR count). The van der Waals surface area contributed by atoms with E-state index in [1.54, 1.807) is 0 Å². The topological polar surface area (TPSA) is 0 Å². The average Bonchev–Trinajstić information content (AvgIpc) is 0. The van der Waals surface area contributed by atoms with Gasteiger partial charge in [-0.3, -0.25) is 0 Å². The van der Waals surface area contributed by atoms with Gasteiger partial charge in [-0.25, -0.2) is 0 Å². The van der Waals surface area contributed by atoms with Crippen LogP contribution < -0.4 is 0 Å². The molecule has 0 aliphatic carbocycles. The van der Waals surface area contributed by atoms with Crippen LogP contribution in [0.5, 0.6) is 0 Å². The quantitative estimate of drug-likeness (QED) is 0.381. The van der Waals surface area contributed by atoms with E-state index in [0.29, 0.717) is 0 Å². The second kappa shape index (κ2) is 17.2. The Labute approximate surface area is 83.4 Å². The van der Waals surface area contributed by atoms with Crippen LogP contribution in [0.4, 0.5) is 0 Å². The van der Waals surface area contributed by atoms with Crippen LogP contribution in [-0.2, 0) is 34.1 Å². The van der Waals surface area contributed by atoms with E-state index < -0.39 is 0 Å². The van der Waals surface area contributed by atoms with Gasteiger partial charge in [0.25, 0.3) is 0 Å². The number of hydrogen-bond donors (Lipinski definition) is 0. The van der Waals surface area contributed by atoms with E-state index >= 15 is 0 Å². The molecule has 0 aromatic heterocycles. The fraction of sp³-hybridized carbons (Fsp3) is 0. The summed E-state index contributed by atoms with van der Waals surface area (Å²) in [5, 5.41) is 0. The Morgan fingerprint density at radius 2 is 1.00 bits per heavy atom. The predicted molar refractivity (Wildman–Crippen MR) is 19.1 cm³/mol. The zero-order chi connectivity index (χ0) is 0. The summed E-state index contributed by atoms with van der Waals surface area (Å²) in [6, 6.07) is 0. The van der Waals surface area contributed by atoms with E-state index in [0.717, 1.165) is 0 Å². The summed E-state index contributed by atoms with van der Waals surface area (Å²) in [6.45, 7) is 0. The summed E-state index contributed by atoms with van der Waals surface area (Å²) in [6.07, 6.45) is 0. The first-order valence-electron chi connectivity index (χ1n) is 0. The molecular formula is H5CaCu2P. The van der Waals surface area contributed by atoms with Crippen molar-refractivity contribution in [2.75, 3.05) is 0 Å². The van der Waals surface area contributed by atoms with E-state index in [-0.39, 0.29) is 84.6 Å². The Hall–Kier alpha value is 2.73. The zero-order valence-corrected chi connectivity index (χ0v) is 7.52. The van der Waals surface area contributed by atoms with Gasteiger partial charge in [0, 0.05) is 34.1 Å².